The number of ether oxygens (including phenoxy) is 2. The Labute approximate surface area is 368 Å². The van der Waals surface area contributed by atoms with Crippen LogP contribution in [0.25, 0.3) is 11.3 Å². The van der Waals surface area contributed by atoms with Gasteiger partial charge in [-0.3, -0.25) is 19.2 Å². The van der Waals surface area contributed by atoms with Gasteiger partial charge in [-0.15, -0.1) is 0 Å². The van der Waals surface area contributed by atoms with E-state index in [-0.39, 0.29) is 42.7 Å². The first-order chi connectivity index (χ1) is 30.6. The van der Waals surface area contributed by atoms with E-state index in [2.05, 4.69) is 49.6 Å². The Morgan fingerprint density at radius 2 is 1.37 bits per heavy atom. The van der Waals surface area contributed by atoms with E-state index in [1.807, 2.05) is 98.6 Å². The molecule has 13 nitrogen and oxygen atoms in total. The zero-order valence-corrected chi connectivity index (χ0v) is 36.4. The fourth-order valence-corrected chi connectivity index (χ4v) is 8.49. The number of amides is 2. The van der Waals surface area contributed by atoms with Gasteiger partial charge >= 0.3 is 11.9 Å². The molecule has 0 saturated carbocycles. The van der Waals surface area contributed by atoms with Crippen LogP contribution in [-0.4, -0.2) is 87.8 Å². The maximum absolute atomic E-state index is 14.0. The number of aromatic amines is 2. The molecule has 2 aliphatic heterocycles. The number of anilines is 2. The van der Waals surface area contributed by atoms with Crippen LogP contribution in [0, 0.1) is 35.5 Å². The number of esters is 2. The number of aromatic nitrogens is 4. The summed E-state index contributed by atoms with van der Waals surface area (Å²) in [5.74, 6) is 11.5. The maximum atomic E-state index is 14.0. The highest BCUT2D eigenvalue weighted by atomic mass is 16.5. The second-order valence-corrected chi connectivity index (χ2v) is 16.2. The lowest BCUT2D eigenvalue weighted by atomic mass is 9.91. The summed E-state index contributed by atoms with van der Waals surface area (Å²) >= 11 is 0. The Morgan fingerprint density at radius 3 is 2.03 bits per heavy atom. The topological polar surface area (TPSA) is 154 Å². The van der Waals surface area contributed by atoms with E-state index in [9.17, 15) is 19.2 Å². The minimum atomic E-state index is -0.662. The predicted molar refractivity (Wildman–Crippen MR) is 239 cm³/mol. The van der Waals surface area contributed by atoms with Crippen molar-refractivity contribution >= 4 is 35.1 Å². The Hall–Kier alpha value is -7.12. The molecular formula is C50H53N7O6. The summed E-state index contributed by atoms with van der Waals surface area (Å²) in [4.78, 5) is 74.2. The van der Waals surface area contributed by atoms with Gasteiger partial charge in [-0.2, -0.15) is 0 Å². The summed E-state index contributed by atoms with van der Waals surface area (Å²) in [6, 6.07) is 24.8. The van der Waals surface area contributed by atoms with E-state index in [4.69, 9.17) is 14.5 Å². The van der Waals surface area contributed by atoms with Crippen LogP contribution < -0.4 is 4.90 Å². The molecule has 4 atom stereocenters. The number of methoxy groups -OCH3 is 2. The van der Waals surface area contributed by atoms with Crippen LogP contribution >= 0.6 is 0 Å². The second kappa shape index (κ2) is 20.2. The van der Waals surface area contributed by atoms with Gasteiger partial charge in [0.15, 0.2) is 0 Å². The molecule has 5 aromatic rings. The van der Waals surface area contributed by atoms with Crippen LogP contribution in [0.15, 0.2) is 91.3 Å². The van der Waals surface area contributed by atoms with E-state index >= 15 is 0 Å². The molecule has 0 radical (unpaired) electrons. The van der Waals surface area contributed by atoms with Gasteiger partial charge in [0.05, 0.1) is 74.8 Å². The highest BCUT2D eigenvalue weighted by Gasteiger charge is 2.39. The number of hydrogen-bond acceptors (Lipinski definition) is 9. The van der Waals surface area contributed by atoms with Gasteiger partial charge in [0.1, 0.15) is 17.3 Å². The molecule has 4 heterocycles. The van der Waals surface area contributed by atoms with Gasteiger partial charge in [0, 0.05) is 37.0 Å². The van der Waals surface area contributed by atoms with Crippen LogP contribution in [0.5, 0.6) is 0 Å². The Kier molecular flexibility index (Phi) is 14.1. The predicted octanol–water partition coefficient (Wildman–Crippen LogP) is 7.48. The molecule has 0 unspecified atom stereocenters. The number of hydrogen-bond donors (Lipinski definition) is 2. The van der Waals surface area contributed by atoms with E-state index in [1.165, 1.54) is 14.2 Å². The molecule has 0 spiro atoms. The minimum Gasteiger partial charge on any atom is -0.469 e. The monoisotopic (exact) mass is 847 g/mol. The zero-order valence-electron chi connectivity index (χ0n) is 36.4. The molecule has 2 amide bonds. The summed E-state index contributed by atoms with van der Waals surface area (Å²) in [6.07, 6.45) is 6.60. The van der Waals surface area contributed by atoms with Gasteiger partial charge in [0.2, 0.25) is 11.8 Å². The lowest BCUT2D eigenvalue weighted by molar-refractivity contribution is -0.148. The van der Waals surface area contributed by atoms with E-state index in [0.717, 1.165) is 59.4 Å². The third kappa shape index (κ3) is 10.2. The molecule has 0 bridgehead atoms. The summed E-state index contributed by atoms with van der Waals surface area (Å²) in [5, 5.41) is 0. The molecule has 7 rings (SSSR count). The van der Waals surface area contributed by atoms with Crippen LogP contribution in [0.2, 0.25) is 0 Å². The van der Waals surface area contributed by atoms with Gasteiger partial charge in [-0.25, -0.2) is 9.97 Å². The quantitative estimate of drug-likeness (QED) is 0.0907. The minimum absolute atomic E-state index is 0.0245. The number of carbonyl (C=O) groups excluding carboxylic acids is 4. The number of likely N-dealkylation sites (tertiary alicyclic amines) is 2. The number of nitrogens with zero attached hydrogens (tertiary/aromatic N) is 5. The fraction of sp³-hybridized carbons (Fsp3) is 0.360. The van der Waals surface area contributed by atoms with Crippen molar-refractivity contribution in [3.63, 3.8) is 0 Å². The van der Waals surface area contributed by atoms with Crippen molar-refractivity contribution < 1.29 is 28.7 Å². The summed E-state index contributed by atoms with van der Waals surface area (Å²) in [6.45, 7) is 5.07. The fourth-order valence-electron chi connectivity index (χ4n) is 8.49. The van der Waals surface area contributed by atoms with Crippen molar-refractivity contribution in [2.75, 3.05) is 39.3 Å². The number of imidazole rings is 2. The highest BCUT2D eigenvalue weighted by molar-refractivity contribution is 5.89. The highest BCUT2D eigenvalue weighted by Crippen LogP contribution is 2.37. The molecule has 2 saturated heterocycles. The van der Waals surface area contributed by atoms with Crippen LogP contribution in [0.4, 0.5) is 11.4 Å². The number of carbonyl (C=O) groups is 4. The number of nitrogens with one attached hydrogen (secondary N) is 2. The standard InChI is InChI=1S/C50H53N7O6/c1-33(2)39(29-45(58)62-4)49(60)56-26-15-23-43(56)48-52-32-41(54-48)36-25-24-35(44(28-36)55(3)38-20-10-7-11-21-38)18-12-13-19-37-31-51-47(53-37)42-22-14-27-57(42)50(61)40(30-46(59)63-5)34-16-8-6-9-17-34/h6-11,16-17,20-21,24-25,28,31-33,39-40,42-43H,14-15,22-23,26-27,29-30H2,1-5H3,(H,51,53)(H,52,54)/t39-,40+,42-,43-/m0/s1. The molecule has 63 heavy (non-hydrogen) atoms. The van der Waals surface area contributed by atoms with Crippen molar-refractivity contribution in [1.82, 2.24) is 29.7 Å². The molecule has 0 aliphatic carbocycles. The second-order valence-electron chi connectivity index (χ2n) is 16.2. The van der Waals surface area contributed by atoms with Crippen LogP contribution in [0.3, 0.4) is 0 Å². The SMILES string of the molecule is COC(=O)C[C@H](C(=O)N1CCC[C@H]1c1ncc(-c2ccc(C#CC#Cc3cnc([C@@H]4CCCN4C(=O)[C@H](CC(=O)OC)c4ccccc4)[nH]3)c(N(C)c3ccccc3)c2)[nH]1)C(C)C. The van der Waals surface area contributed by atoms with Crippen LogP contribution in [-0.2, 0) is 28.7 Å². The number of H-pyrrole nitrogens is 2. The molecular weight excluding hydrogens is 795 g/mol. The van der Waals surface area contributed by atoms with Gasteiger partial charge in [-0.05, 0) is 79.2 Å². The third-order valence-electron chi connectivity index (χ3n) is 12.0. The number of para-hydroxylation sites is 1. The van der Waals surface area contributed by atoms with Crippen molar-refractivity contribution in [3.8, 4) is 34.9 Å². The van der Waals surface area contributed by atoms with Crippen molar-refractivity contribution in [2.24, 2.45) is 11.8 Å². The largest absolute Gasteiger partial charge is 0.469 e. The zero-order chi connectivity index (χ0) is 44.5. The van der Waals surface area contributed by atoms with Gasteiger partial charge < -0.3 is 34.1 Å². The van der Waals surface area contributed by atoms with Crippen molar-refractivity contribution in [1.29, 1.82) is 0 Å². The number of rotatable bonds is 13. The first-order valence-corrected chi connectivity index (χ1v) is 21.4. The first-order valence-electron chi connectivity index (χ1n) is 21.4. The Balaban J connectivity index is 1.10. The van der Waals surface area contributed by atoms with Crippen molar-refractivity contribution in [2.45, 2.75) is 70.4 Å². The third-order valence-corrected chi connectivity index (χ3v) is 12.0. The Bertz CT molecular complexity index is 2540. The van der Waals surface area contributed by atoms with E-state index < -0.39 is 23.8 Å². The number of benzene rings is 3. The average Bonchev–Trinajstić information content (AvgIpc) is 4.16. The molecule has 3 aromatic carbocycles. The first kappa shape index (κ1) is 44.0. The lowest BCUT2D eigenvalue weighted by Gasteiger charge is -2.29. The average molecular weight is 848 g/mol. The summed E-state index contributed by atoms with van der Waals surface area (Å²) in [5.41, 5.74) is 5.65. The normalized spacial score (nSPS) is 16.7. The molecule has 2 N–H and O–H groups in total. The smallest absolute Gasteiger partial charge is 0.306 e. The molecule has 2 aliphatic rings. The molecule has 13 heteroatoms. The van der Waals surface area contributed by atoms with E-state index in [1.54, 1.807) is 17.3 Å². The molecule has 324 valence electrons. The van der Waals surface area contributed by atoms with Gasteiger partial charge in [-0.1, -0.05) is 74.4 Å². The van der Waals surface area contributed by atoms with Gasteiger partial charge in [0.25, 0.3) is 0 Å². The Morgan fingerprint density at radius 1 is 0.762 bits per heavy atom. The van der Waals surface area contributed by atoms with Crippen LogP contribution in [0.1, 0.15) is 98.8 Å². The lowest BCUT2D eigenvalue weighted by Crippen LogP contribution is -2.39. The van der Waals surface area contributed by atoms with Crippen molar-refractivity contribution in [3.05, 3.63) is 120 Å². The van der Waals surface area contributed by atoms with E-state index in [0.29, 0.717) is 30.4 Å². The summed E-state index contributed by atoms with van der Waals surface area (Å²) in [7, 11) is 4.67. The summed E-state index contributed by atoms with van der Waals surface area (Å²) < 4.78 is 9.83. The molecule has 2 fully saturated rings. The molecule has 2 aromatic heterocycles. The maximum Gasteiger partial charge on any atom is 0.306 e.